The van der Waals surface area contributed by atoms with Crippen molar-refractivity contribution in [3.05, 3.63) is 12.0 Å². The van der Waals surface area contributed by atoms with E-state index in [9.17, 15) is 4.39 Å². The van der Waals surface area contributed by atoms with Crippen LogP contribution in [0.3, 0.4) is 0 Å². The Hall–Kier alpha value is -1.39. The predicted octanol–water partition coefficient (Wildman–Crippen LogP) is 1.87. The molecule has 15 heavy (non-hydrogen) atoms. The summed E-state index contributed by atoms with van der Waals surface area (Å²) < 4.78 is 13.3. The third kappa shape index (κ3) is 2.00. The van der Waals surface area contributed by atoms with E-state index in [-0.39, 0.29) is 11.2 Å². The molecule has 4 nitrogen and oxygen atoms in total. The van der Waals surface area contributed by atoms with Crippen molar-refractivity contribution < 1.29 is 4.39 Å². The molecule has 0 radical (unpaired) electrons. The van der Waals surface area contributed by atoms with Gasteiger partial charge in [0.1, 0.15) is 0 Å². The van der Waals surface area contributed by atoms with Crippen LogP contribution in [0.4, 0.5) is 16.2 Å². The molecule has 0 spiro atoms. The molecule has 1 fully saturated rings. The van der Waals surface area contributed by atoms with Crippen molar-refractivity contribution in [3.8, 4) is 0 Å². The summed E-state index contributed by atoms with van der Waals surface area (Å²) in [5.41, 5.74) is 0.247. The number of nitrogens with one attached hydrogen (secondary N) is 2. The third-order valence-electron chi connectivity index (χ3n) is 2.79. The first-order chi connectivity index (χ1) is 7.03. The number of hydrogen-bond acceptors (Lipinski definition) is 4. The van der Waals surface area contributed by atoms with Crippen LogP contribution in [0.25, 0.3) is 0 Å². The van der Waals surface area contributed by atoms with E-state index in [1.807, 2.05) is 0 Å². The number of anilines is 2. The highest BCUT2D eigenvalue weighted by Crippen LogP contribution is 2.46. The molecule has 0 aromatic carbocycles. The molecule has 1 aliphatic rings. The van der Waals surface area contributed by atoms with Crippen molar-refractivity contribution in [2.24, 2.45) is 5.41 Å². The quantitative estimate of drug-likeness (QED) is 0.799. The van der Waals surface area contributed by atoms with Crippen molar-refractivity contribution in [2.45, 2.75) is 26.3 Å². The summed E-state index contributed by atoms with van der Waals surface area (Å²) in [7, 11) is 1.71. The number of halogens is 1. The SMILES string of the molecule is CNc1ncc(F)c(NC2CC2(C)C)n1. The van der Waals surface area contributed by atoms with Crippen molar-refractivity contribution in [3.63, 3.8) is 0 Å². The lowest BCUT2D eigenvalue weighted by Crippen LogP contribution is -2.12. The summed E-state index contributed by atoms with van der Waals surface area (Å²) in [6.07, 6.45) is 2.22. The summed E-state index contributed by atoms with van der Waals surface area (Å²) in [6.45, 7) is 4.28. The molecular weight excluding hydrogens is 195 g/mol. The molecule has 2 rings (SSSR count). The Bertz CT molecular complexity index is 378. The molecule has 1 aliphatic carbocycles. The van der Waals surface area contributed by atoms with Gasteiger partial charge in [-0.05, 0) is 11.8 Å². The van der Waals surface area contributed by atoms with Crippen LogP contribution in [-0.4, -0.2) is 23.1 Å². The predicted molar refractivity (Wildman–Crippen MR) is 57.3 cm³/mol. The number of hydrogen-bond donors (Lipinski definition) is 2. The second-order valence-corrected chi connectivity index (χ2v) is 4.53. The Labute approximate surface area is 88.3 Å². The highest BCUT2D eigenvalue weighted by molar-refractivity contribution is 5.43. The Kier molecular flexibility index (Phi) is 2.25. The third-order valence-corrected chi connectivity index (χ3v) is 2.79. The van der Waals surface area contributed by atoms with Crippen LogP contribution in [0.15, 0.2) is 6.20 Å². The van der Waals surface area contributed by atoms with Crippen LogP contribution in [0.5, 0.6) is 0 Å². The van der Waals surface area contributed by atoms with E-state index in [1.54, 1.807) is 7.05 Å². The van der Waals surface area contributed by atoms with Gasteiger partial charge < -0.3 is 10.6 Å². The lowest BCUT2D eigenvalue weighted by Gasteiger charge is -2.08. The van der Waals surface area contributed by atoms with Crippen molar-refractivity contribution in [2.75, 3.05) is 17.7 Å². The molecule has 0 amide bonds. The van der Waals surface area contributed by atoms with E-state index in [0.717, 1.165) is 6.42 Å². The van der Waals surface area contributed by atoms with Gasteiger partial charge in [-0.25, -0.2) is 9.37 Å². The molecule has 0 saturated heterocycles. The van der Waals surface area contributed by atoms with Gasteiger partial charge in [0.05, 0.1) is 6.20 Å². The van der Waals surface area contributed by atoms with Gasteiger partial charge in [-0.1, -0.05) is 13.8 Å². The molecule has 5 heteroatoms. The molecule has 1 unspecified atom stereocenters. The molecule has 1 saturated carbocycles. The standard InChI is InChI=1S/C10H15FN4/c1-10(2)4-7(10)14-8-6(11)5-13-9(12-3)15-8/h5,7H,4H2,1-3H3,(H2,12,13,14,15). The summed E-state index contributed by atoms with van der Waals surface area (Å²) in [5.74, 6) is 0.305. The fraction of sp³-hybridized carbons (Fsp3) is 0.600. The fourth-order valence-electron chi connectivity index (χ4n) is 1.47. The number of rotatable bonds is 3. The van der Waals surface area contributed by atoms with Crippen LogP contribution in [0.1, 0.15) is 20.3 Å². The first kappa shape index (κ1) is 10.1. The van der Waals surface area contributed by atoms with Gasteiger partial charge in [-0.2, -0.15) is 4.98 Å². The van der Waals surface area contributed by atoms with Gasteiger partial charge in [0.2, 0.25) is 5.95 Å². The Morgan fingerprint density at radius 1 is 1.53 bits per heavy atom. The minimum absolute atomic E-state index is 0.247. The van der Waals surface area contributed by atoms with Crippen LogP contribution in [-0.2, 0) is 0 Å². The van der Waals surface area contributed by atoms with Crippen LogP contribution >= 0.6 is 0 Å². The molecular formula is C10H15FN4. The van der Waals surface area contributed by atoms with Crippen molar-refractivity contribution in [1.82, 2.24) is 9.97 Å². The van der Waals surface area contributed by atoms with E-state index >= 15 is 0 Å². The van der Waals surface area contributed by atoms with Crippen molar-refractivity contribution >= 4 is 11.8 Å². The molecule has 1 heterocycles. The molecule has 1 aromatic rings. The molecule has 0 bridgehead atoms. The van der Waals surface area contributed by atoms with Gasteiger partial charge in [0.25, 0.3) is 0 Å². The molecule has 1 atom stereocenters. The smallest absolute Gasteiger partial charge is 0.224 e. The summed E-state index contributed by atoms with van der Waals surface area (Å²) in [6, 6.07) is 0.312. The minimum atomic E-state index is -0.406. The Morgan fingerprint density at radius 3 is 2.73 bits per heavy atom. The average Bonchev–Trinajstić information content (AvgIpc) is 2.78. The van der Waals surface area contributed by atoms with Crippen LogP contribution < -0.4 is 10.6 Å². The first-order valence-electron chi connectivity index (χ1n) is 5.00. The second-order valence-electron chi connectivity index (χ2n) is 4.53. The highest BCUT2D eigenvalue weighted by Gasteiger charge is 2.46. The molecule has 0 aliphatic heterocycles. The zero-order valence-electron chi connectivity index (χ0n) is 9.13. The van der Waals surface area contributed by atoms with E-state index in [2.05, 4.69) is 34.4 Å². The normalized spacial score (nSPS) is 22.3. The van der Waals surface area contributed by atoms with E-state index in [1.165, 1.54) is 6.20 Å². The topological polar surface area (TPSA) is 49.8 Å². The maximum absolute atomic E-state index is 13.3. The zero-order valence-corrected chi connectivity index (χ0v) is 9.13. The number of nitrogens with zero attached hydrogens (tertiary/aromatic N) is 2. The van der Waals surface area contributed by atoms with Crippen LogP contribution in [0.2, 0.25) is 0 Å². The number of aromatic nitrogens is 2. The molecule has 82 valence electrons. The largest absolute Gasteiger partial charge is 0.364 e. The molecule has 2 N–H and O–H groups in total. The Balaban J connectivity index is 2.14. The average molecular weight is 210 g/mol. The van der Waals surface area contributed by atoms with Gasteiger partial charge in [0, 0.05) is 13.1 Å². The second kappa shape index (κ2) is 3.32. The maximum atomic E-state index is 13.3. The first-order valence-corrected chi connectivity index (χ1v) is 5.00. The minimum Gasteiger partial charge on any atom is -0.364 e. The van der Waals surface area contributed by atoms with Crippen molar-refractivity contribution in [1.29, 1.82) is 0 Å². The summed E-state index contributed by atoms with van der Waals surface area (Å²) >= 11 is 0. The molecule has 1 aromatic heterocycles. The monoisotopic (exact) mass is 210 g/mol. The maximum Gasteiger partial charge on any atom is 0.224 e. The van der Waals surface area contributed by atoms with E-state index in [4.69, 9.17) is 0 Å². The van der Waals surface area contributed by atoms with Gasteiger partial charge in [-0.3, -0.25) is 0 Å². The zero-order chi connectivity index (χ0) is 11.1. The Morgan fingerprint density at radius 2 is 2.20 bits per heavy atom. The van der Waals surface area contributed by atoms with E-state index < -0.39 is 5.82 Å². The van der Waals surface area contributed by atoms with E-state index in [0.29, 0.717) is 12.0 Å². The highest BCUT2D eigenvalue weighted by atomic mass is 19.1. The lowest BCUT2D eigenvalue weighted by atomic mass is 10.2. The lowest BCUT2D eigenvalue weighted by molar-refractivity contribution is 0.605. The fourth-order valence-corrected chi connectivity index (χ4v) is 1.47. The summed E-state index contributed by atoms with van der Waals surface area (Å²) in [5, 5.41) is 5.86. The van der Waals surface area contributed by atoms with Gasteiger partial charge >= 0.3 is 0 Å². The van der Waals surface area contributed by atoms with Gasteiger partial charge in [0.15, 0.2) is 11.6 Å². The van der Waals surface area contributed by atoms with Gasteiger partial charge in [-0.15, -0.1) is 0 Å². The summed E-state index contributed by atoms with van der Waals surface area (Å²) in [4.78, 5) is 7.81. The van der Waals surface area contributed by atoms with Crippen LogP contribution in [0, 0.1) is 11.2 Å².